The lowest BCUT2D eigenvalue weighted by molar-refractivity contribution is 0.592. The number of aryl methyl sites for hydroxylation is 1. The van der Waals surface area contributed by atoms with Gasteiger partial charge in [0.1, 0.15) is 0 Å². The van der Waals surface area contributed by atoms with Gasteiger partial charge in [-0.2, -0.15) is 0 Å². The molecule has 0 aliphatic heterocycles. The molecule has 0 radical (unpaired) electrons. The van der Waals surface area contributed by atoms with Crippen LogP contribution in [0.2, 0.25) is 10.0 Å². The van der Waals surface area contributed by atoms with Gasteiger partial charge in [-0.15, -0.1) is 0 Å². The van der Waals surface area contributed by atoms with Crippen molar-refractivity contribution >= 4 is 23.2 Å². The molecule has 1 unspecified atom stereocenters. The van der Waals surface area contributed by atoms with Crippen LogP contribution in [-0.4, -0.2) is 7.05 Å². The lowest BCUT2D eigenvalue weighted by atomic mass is 9.98. The molecular formula is C16H17Cl2N. The Morgan fingerprint density at radius 3 is 2.53 bits per heavy atom. The van der Waals surface area contributed by atoms with Crippen LogP contribution in [0.3, 0.4) is 0 Å². The number of benzene rings is 2. The second kappa shape index (κ2) is 6.42. The van der Waals surface area contributed by atoms with E-state index in [1.54, 1.807) is 6.07 Å². The molecule has 1 nitrogen and oxygen atoms in total. The maximum Gasteiger partial charge on any atom is 0.0453 e. The topological polar surface area (TPSA) is 12.0 Å². The molecule has 0 bridgehead atoms. The summed E-state index contributed by atoms with van der Waals surface area (Å²) in [6, 6.07) is 14.4. The van der Waals surface area contributed by atoms with Gasteiger partial charge in [-0.1, -0.05) is 59.1 Å². The third kappa shape index (κ3) is 3.73. The van der Waals surface area contributed by atoms with Gasteiger partial charge in [0.25, 0.3) is 0 Å². The van der Waals surface area contributed by atoms with Crippen LogP contribution in [0, 0.1) is 6.92 Å². The third-order valence-electron chi connectivity index (χ3n) is 3.23. The maximum atomic E-state index is 6.24. The second-order valence-corrected chi connectivity index (χ2v) is 5.54. The molecule has 19 heavy (non-hydrogen) atoms. The highest BCUT2D eigenvalue weighted by Gasteiger charge is 2.12. The van der Waals surface area contributed by atoms with Crippen LogP contribution < -0.4 is 5.32 Å². The molecule has 0 heterocycles. The molecule has 0 spiro atoms. The summed E-state index contributed by atoms with van der Waals surface area (Å²) in [5, 5.41) is 4.74. The van der Waals surface area contributed by atoms with Gasteiger partial charge in [-0.05, 0) is 43.7 Å². The maximum absolute atomic E-state index is 6.24. The minimum atomic E-state index is 0.249. The molecule has 1 N–H and O–H groups in total. The predicted molar refractivity (Wildman–Crippen MR) is 83.1 cm³/mol. The minimum absolute atomic E-state index is 0.249. The fourth-order valence-corrected chi connectivity index (χ4v) is 2.67. The normalized spacial score (nSPS) is 12.4. The minimum Gasteiger partial charge on any atom is -0.313 e. The Balaban J connectivity index is 2.24. The summed E-state index contributed by atoms with van der Waals surface area (Å²) in [5.74, 6) is 0. The lowest BCUT2D eigenvalue weighted by Crippen LogP contribution is -2.19. The van der Waals surface area contributed by atoms with Crippen molar-refractivity contribution in [2.45, 2.75) is 19.4 Å². The van der Waals surface area contributed by atoms with Crippen molar-refractivity contribution in [1.29, 1.82) is 0 Å². The quantitative estimate of drug-likeness (QED) is 0.853. The predicted octanol–water partition coefficient (Wildman–Crippen LogP) is 4.81. The monoisotopic (exact) mass is 293 g/mol. The van der Waals surface area contributed by atoms with Crippen molar-refractivity contribution in [2.75, 3.05) is 7.05 Å². The first-order chi connectivity index (χ1) is 9.10. The summed E-state index contributed by atoms with van der Waals surface area (Å²) in [7, 11) is 1.97. The molecule has 0 amide bonds. The van der Waals surface area contributed by atoms with Gasteiger partial charge in [0.15, 0.2) is 0 Å². The van der Waals surface area contributed by atoms with Gasteiger partial charge < -0.3 is 5.32 Å². The van der Waals surface area contributed by atoms with Crippen LogP contribution in [0.4, 0.5) is 0 Å². The second-order valence-electron chi connectivity index (χ2n) is 4.70. The van der Waals surface area contributed by atoms with Crippen LogP contribution in [0.1, 0.15) is 22.7 Å². The standard InChI is InChI=1S/C16H17Cl2N/c1-11-4-3-5-13(8-11)16(19-2)9-12-6-7-14(17)10-15(12)18/h3-8,10,16,19H,9H2,1-2H3. The summed E-state index contributed by atoms with van der Waals surface area (Å²) in [6.45, 7) is 2.10. The molecule has 0 aliphatic rings. The van der Waals surface area contributed by atoms with Gasteiger partial charge in [0, 0.05) is 16.1 Å². The van der Waals surface area contributed by atoms with E-state index in [4.69, 9.17) is 23.2 Å². The van der Waals surface area contributed by atoms with Gasteiger partial charge in [-0.3, -0.25) is 0 Å². The van der Waals surface area contributed by atoms with Crippen molar-refractivity contribution in [3.63, 3.8) is 0 Å². The molecule has 2 aromatic carbocycles. The SMILES string of the molecule is CNC(Cc1ccc(Cl)cc1Cl)c1cccc(C)c1. The van der Waals surface area contributed by atoms with Crippen molar-refractivity contribution in [3.05, 3.63) is 69.2 Å². The van der Waals surface area contributed by atoms with Crippen molar-refractivity contribution in [3.8, 4) is 0 Å². The van der Waals surface area contributed by atoms with E-state index >= 15 is 0 Å². The highest BCUT2D eigenvalue weighted by atomic mass is 35.5. The molecule has 2 aromatic rings. The van der Waals surface area contributed by atoms with E-state index in [2.05, 4.69) is 36.5 Å². The Hall–Kier alpha value is -1.02. The number of hydrogen-bond donors (Lipinski definition) is 1. The van der Waals surface area contributed by atoms with E-state index in [0.29, 0.717) is 5.02 Å². The molecule has 3 heteroatoms. The largest absolute Gasteiger partial charge is 0.313 e. The van der Waals surface area contributed by atoms with E-state index < -0.39 is 0 Å². The fourth-order valence-electron chi connectivity index (χ4n) is 2.18. The zero-order valence-corrected chi connectivity index (χ0v) is 12.6. The average Bonchev–Trinajstić information content (AvgIpc) is 2.38. The van der Waals surface area contributed by atoms with E-state index in [1.165, 1.54) is 11.1 Å². The molecule has 0 fully saturated rings. The summed E-state index contributed by atoms with van der Waals surface area (Å²) in [4.78, 5) is 0. The van der Waals surface area contributed by atoms with Gasteiger partial charge in [0.05, 0.1) is 0 Å². The molecule has 0 saturated carbocycles. The molecule has 0 aliphatic carbocycles. The molecule has 100 valence electrons. The molecular weight excluding hydrogens is 277 g/mol. The molecule has 1 atom stereocenters. The summed E-state index contributed by atoms with van der Waals surface area (Å²) < 4.78 is 0. The van der Waals surface area contributed by atoms with Crippen molar-refractivity contribution in [1.82, 2.24) is 5.32 Å². The first kappa shape index (κ1) is 14.4. The Kier molecular flexibility index (Phi) is 4.87. The Labute approximate surface area is 124 Å². The summed E-state index contributed by atoms with van der Waals surface area (Å²) in [5.41, 5.74) is 3.64. The first-order valence-corrected chi connectivity index (χ1v) is 7.03. The molecule has 0 saturated heterocycles. The number of likely N-dealkylation sites (N-methyl/N-ethyl adjacent to an activating group) is 1. The van der Waals surface area contributed by atoms with Crippen LogP contribution >= 0.6 is 23.2 Å². The Morgan fingerprint density at radius 1 is 1.11 bits per heavy atom. The average molecular weight is 294 g/mol. The van der Waals surface area contributed by atoms with Gasteiger partial charge >= 0.3 is 0 Å². The van der Waals surface area contributed by atoms with Crippen LogP contribution in [-0.2, 0) is 6.42 Å². The van der Waals surface area contributed by atoms with Crippen molar-refractivity contribution < 1.29 is 0 Å². The number of nitrogens with one attached hydrogen (secondary N) is 1. The third-order valence-corrected chi connectivity index (χ3v) is 3.82. The van der Waals surface area contributed by atoms with E-state index in [-0.39, 0.29) is 6.04 Å². The van der Waals surface area contributed by atoms with Gasteiger partial charge in [0.2, 0.25) is 0 Å². The first-order valence-electron chi connectivity index (χ1n) is 6.28. The van der Waals surface area contributed by atoms with Crippen LogP contribution in [0.25, 0.3) is 0 Å². The van der Waals surface area contributed by atoms with Gasteiger partial charge in [-0.25, -0.2) is 0 Å². The summed E-state index contributed by atoms with van der Waals surface area (Å²) >= 11 is 12.2. The fraction of sp³-hybridized carbons (Fsp3) is 0.250. The van der Waals surface area contributed by atoms with E-state index in [0.717, 1.165) is 17.0 Å². The lowest BCUT2D eigenvalue weighted by Gasteiger charge is -2.18. The number of rotatable bonds is 4. The van der Waals surface area contributed by atoms with Crippen LogP contribution in [0.15, 0.2) is 42.5 Å². The van der Waals surface area contributed by atoms with Crippen LogP contribution in [0.5, 0.6) is 0 Å². The number of halogens is 2. The van der Waals surface area contributed by atoms with E-state index in [9.17, 15) is 0 Å². The molecule has 0 aromatic heterocycles. The zero-order valence-electron chi connectivity index (χ0n) is 11.1. The highest BCUT2D eigenvalue weighted by Crippen LogP contribution is 2.26. The Bertz CT molecular complexity index is 566. The molecule has 2 rings (SSSR count). The highest BCUT2D eigenvalue weighted by molar-refractivity contribution is 6.35. The zero-order chi connectivity index (χ0) is 13.8. The van der Waals surface area contributed by atoms with E-state index in [1.807, 2.05) is 19.2 Å². The summed E-state index contributed by atoms with van der Waals surface area (Å²) in [6.07, 6.45) is 0.843. The van der Waals surface area contributed by atoms with Crippen molar-refractivity contribution in [2.24, 2.45) is 0 Å². The smallest absolute Gasteiger partial charge is 0.0453 e. The Morgan fingerprint density at radius 2 is 1.89 bits per heavy atom. The number of hydrogen-bond acceptors (Lipinski definition) is 1.